The van der Waals surface area contributed by atoms with Crippen molar-refractivity contribution in [1.29, 1.82) is 0 Å². The summed E-state index contributed by atoms with van der Waals surface area (Å²) in [6.45, 7) is 5.41. The minimum Gasteiger partial charge on any atom is -0.467 e. The third kappa shape index (κ3) is 3.58. The second kappa shape index (κ2) is 6.38. The summed E-state index contributed by atoms with van der Waals surface area (Å²) in [7, 11) is 0. The Hall–Kier alpha value is -2.77. The van der Waals surface area contributed by atoms with Gasteiger partial charge in [0.1, 0.15) is 17.2 Å². The van der Waals surface area contributed by atoms with Gasteiger partial charge in [-0.05, 0) is 45.0 Å². The number of hydrogen-bond acceptors (Lipinski definition) is 3. The predicted octanol–water partition coefficient (Wildman–Crippen LogP) is 3.87. The van der Waals surface area contributed by atoms with Gasteiger partial charge >= 0.3 is 0 Å². The lowest BCUT2D eigenvalue weighted by Crippen LogP contribution is -2.14. The summed E-state index contributed by atoms with van der Waals surface area (Å²) >= 11 is 0. The maximum atomic E-state index is 9.68. The van der Waals surface area contributed by atoms with Crippen LogP contribution in [0.2, 0.25) is 0 Å². The van der Waals surface area contributed by atoms with E-state index in [1.165, 1.54) is 0 Å². The molecular weight excluding hydrogens is 300 g/mol. The quantitative estimate of drug-likeness (QED) is 0.745. The van der Waals surface area contributed by atoms with Gasteiger partial charge in [-0.1, -0.05) is 24.0 Å². The third-order valence-electron chi connectivity index (χ3n) is 3.70. The summed E-state index contributed by atoms with van der Waals surface area (Å²) in [5.74, 6) is 7.55. The first-order chi connectivity index (χ1) is 11.4. The van der Waals surface area contributed by atoms with Crippen LogP contribution in [0.4, 0.5) is 0 Å². The van der Waals surface area contributed by atoms with Gasteiger partial charge in [-0.15, -0.1) is 0 Å². The second-order valence-electron chi connectivity index (χ2n) is 6.24. The highest BCUT2D eigenvalue weighted by Crippen LogP contribution is 2.25. The largest absolute Gasteiger partial charge is 0.467 e. The van der Waals surface area contributed by atoms with Gasteiger partial charge in [-0.2, -0.15) is 0 Å². The molecule has 0 amide bonds. The van der Waals surface area contributed by atoms with E-state index in [1.807, 2.05) is 42.6 Å². The summed E-state index contributed by atoms with van der Waals surface area (Å²) in [5.41, 5.74) is 0.873. The van der Waals surface area contributed by atoms with Crippen LogP contribution in [0, 0.1) is 11.8 Å². The second-order valence-corrected chi connectivity index (χ2v) is 6.24. The normalized spacial score (nSPS) is 12.5. The number of benzene rings is 1. The molecule has 24 heavy (non-hydrogen) atoms. The molecule has 0 unspecified atom stereocenters. The molecular formula is C20H20N2O2. The fourth-order valence-electron chi connectivity index (χ4n) is 2.44. The zero-order valence-corrected chi connectivity index (χ0v) is 14.0. The van der Waals surface area contributed by atoms with Crippen molar-refractivity contribution in [2.24, 2.45) is 0 Å². The smallest absolute Gasteiger partial charge is 0.140 e. The molecule has 0 saturated carbocycles. The zero-order valence-electron chi connectivity index (χ0n) is 14.0. The van der Waals surface area contributed by atoms with Gasteiger partial charge in [-0.3, -0.25) is 0 Å². The molecule has 0 radical (unpaired) electrons. The maximum Gasteiger partial charge on any atom is 0.140 e. The Bertz CT molecular complexity index is 857. The van der Waals surface area contributed by atoms with Crippen molar-refractivity contribution in [3.8, 4) is 23.2 Å². The third-order valence-corrected chi connectivity index (χ3v) is 3.70. The lowest BCUT2D eigenvalue weighted by molar-refractivity contribution is 0.143. The van der Waals surface area contributed by atoms with E-state index in [0.29, 0.717) is 0 Å². The Labute approximate surface area is 141 Å². The van der Waals surface area contributed by atoms with Crippen LogP contribution in [-0.2, 0) is 0 Å². The fraction of sp³-hybridized carbons (Fsp3) is 0.250. The van der Waals surface area contributed by atoms with E-state index in [0.717, 1.165) is 22.7 Å². The van der Waals surface area contributed by atoms with E-state index < -0.39 is 5.60 Å². The molecule has 1 atom stereocenters. The lowest BCUT2D eigenvalue weighted by atomic mass is 10.1. The first-order valence-corrected chi connectivity index (χ1v) is 7.86. The molecule has 0 bridgehead atoms. The van der Waals surface area contributed by atoms with Crippen molar-refractivity contribution in [2.45, 2.75) is 32.4 Å². The molecule has 4 heteroatoms. The highest BCUT2D eigenvalue weighted by atomic mass is 16.3. The predicted molar refractivity (Wildman–Crippen MR) is 93.4 cm³/mol. The van der Waals surface area contributed by atoms with Crippen LogP contribution in [-0.4, -0.2) is 20.3 Å². The molecule has 0 spiro atoms. The number of aromatic nitrogens is 2. The van der Waals surface area contributed by atoms with Crippen molar-refractivity contribution < 1.29 is 9.52 Å². The van der Waals surface area contributed by atoms with E-state index in [1.54, 1.807) is 26.3 Å². The number of furan rings is 1. The monoisotopic (exact) mass is 320 g/mol. The molecule has 3 rings (SSSR count). The van der Waals surface area contributed by atoms with E-state index in [4.69, 9.17) is 4.42 Å². The molecule has 0 fully saturated rings. The highest BCUT2D eigenvalue weighted by Gasteiger charge is 2.15. The van der Waals surface area contributed by atoms with Crippen molar-refractivity contribution >= 4 is 0 Å². The van der Waals surface area contributed by atoms with Crippen molar-refractivity contribution in [1.82, 2.24) is 9.55 Å². The summed E-state index contributed by atoms with van der Waals surface area (Å²) < 4.78 is 7.58. The van der Waals surface area contributed by atoms with Crippen LogP contribution in [0.25, 0.3) is 11.4 Å². The Balaban J connectivity index is 1.88. The molecule has 122 valence electrons. The SMILES string of the molecule is C[C@H](c1ccco1)n1ccnc1-c1ccc(C#CC(C)(C)O)cc1. The topological polar surface area (TPSA) is 51.2 Å². The molecule has 0 aliphatic heterocycles. The number of aliphatic hydroxyl groups is 1. The molecule has 3 aromatic rings. The molecule has 0 aliphatic rings. The van der Waals surface area contributed by atoms with E-state index in [9.17, 15) is 5.11 Å². The molecule has 2 aromatic heterocycles. The Morgan fingerprint density at radius 3 is 2.58 bits per heavy atom. The Morgan fingerprint density at radius 1 is 1.21 bits per heavy atom. The number of hydrogen-bond donors (Lipinski definition) is 1. The van der Waals surface area contributed by atoms with Gasteiger partial charge in [0, 0.05) is 23.5 Å². The van der Waals surface area contributed by atoms with E-state index >= 15 is 0 Å². The van der Waals surface area contributed by atoms with E-state index in [-0.39, 0.29) is 6.04 Å². The van der Waals surface area contributed by atoms with Crippen molar-refractivity contribution in [2.75, 3.05) is 0 Å². The minimum absolute atomic E-state index is 0.0622. The first-order valence-electron chi connectivity index (χ1n) is 7.86. The average Bonchev–Trinajstić information content (AvgIpc) is 3.23. The molecule has 1 aromatic carbocycles. The summed E-state index contributed by atoms with van der Waals surface area (Å²) in [4.78, 5) is 4.48. The maximum absolute atomic E-state index is 9.68. The first kappa shape index (κ1) is 16.1. The van der Waals surface area contributed by atoms with Gasteiger partial charge in [0.25, 0.3) is 0 Å². The van der Waals surface area contributed by atoms with Crippen LogP contribution in [0.1, 0.15) is 38.1 Å². The van der Waals surface area contributed by atoms with Gasteiger partial charge < -0.3 is 14.1 Å². The minimum atomic E-state index is -0.993. The van der Waals surface area contributed by atoms with Gasteiger partial charge in [0.05, 0.1) is 12.3 Å². The summed E-state index contributed by atoms with van der Waals surface area (Å²) in [6.07, 6.45) is 5.42. The zero-order chi connectivity index (χ0) is 17.2. The van der Waals surface area contributed by atoms with Gasteiger partial charge in [-0.25, -0.2) is 4.98 Å². The highest BCUT2D eigenvalue weighted by molar-refractivity contribution is 5.58. The van der Waals surface area contributed by atoms with E-state index in [2.05, 4.69) is 28.3 Å². The standard InChI is InChI=1S/C20H20N2O2/c1-15(18-5-4-14-24-18)22-13-12-21-19(22)17-8-6-16(7-9-17)10-11-20(2,3)23/h4-9,12-15,23H,1-3H3/t15-/m1/s1. The van der Waals surface area contributed by atoms with Crippen LogP contribution in [0.15, 0.2) is 59.5 Å². The van der Waals surface area contributed by atoms with Crippen LogP contribution < -0.4 is 0 Å². The molecule has 1 N–H and O–H groups in total. The van der Waals surface area contributed by atoms with Crippen LogP contribution >= 0.6 is 0 Å². The van der Waals surface area contributed by atoms with Gasteiger partial charge in [0.15, 0.2) is 0 Å². The van der Waals surface area contributed by atoms with Crippen molar-refractivity contribution in [3.05, 3.63) is 66.4 Å². The summed E-state index contributed by atoms with van der Waals surface area (Å²) in [6, 6.07) is 11.8. The molecule has 2 heterocycles. The fourth-order valence-corrected chi connectivity index (χ4v) is 2.44. The number of imidazole rings is 1. The van der Waals surface area contributed by atoms with Crippen LogP contribution in [0.3, 0.4) is 0 Å². The Morgan fingerprint density at radius 2 is 1.96 bits per heavy atom. The molecule has 4 nitrogen and oxygen atoms in total. The molecule has 0 saturated heterocycles. The number of rotatable bonds is 3. The lowest BCUT2D eigenvalue weighted by Gasteiger charge is -2.14. The Kier molecular flexibility index (Phi) is 4.28. The average molecular weight is 320 g/mol. The van der Waals surface area contributed by atoms with Crippen molar-refractivity contribution in [3.63, 3.8) is 0 Å². The number of nitrogens with zero attached hydrogens (tertiary/aromatic N) is 2. The summed E-state index contributed by atoms with van der Waals surface area (Å²) in [5, 5.41) is 9.68. The van der Waals surface area contributed by atoms with Gasteiger partial charge in [0.2, 0.25) is 0 Å². The molecule has 0 aliphatic carbocycles. The van der Waals surface area contributed by atoms with Crippen LogP contribution in [0.5, 0.6) is 0 Å².